The first-order valence-electron chi connectivity index (χ1n) is 6.63. The zero-order valence-electron chi connectivity index (χ0n) is 12.9. The van der Waals surface area contributed by atoms with Crippen LogP contribution in [0.3, 0.4) is 0 Å². The first-order valence-corrected chi connectivity index (χ1v) is 7.86. The molecule has 0 bridgehead atoms. The topological polar surface area (TPSA) is 77.2 Å². The Kier molecular flexibility index (Phi) is 5.86. The molecule has 0 saturated heterocycles. The van der Waals surface area contributed by atoms with E-state index in [9.17, 15) is 4.79 Å². The molecule has 0 radical (unpaired) electrons. The van der Waals surface area contributed by atoms with Gasteiger partial charge in [0.15, 0.2) is 0 Å². The molecule has 1 unspecified atom stereocenters. The SMILES string of the molecule is CCC(C)[C@@H](NC(=O)OC(C)(C)C)c1nnc(SC)o1. The van der Waals surface area contributed by atoms with Gasteiger partial charge in [0.05, 0.1) is 0 Å². The molecule has 0 aliphatic heterocycles. The molecule has 1 N–H and O–H groups in total. The second kappa shape index (κ2) is 6.97. The highest BCUT2D eigenvalue weighted by atomic mass is 32.2. The van der Waals surface area contributed by atoms with Crippen molar-refractivity contribution in [3.05, 3.63) is 5.89 Å². The van der Waals surface area contributed by atoms with Crippen LogP contribution < -0.4 is 5.32 Å². The molecule has 0 fully saturated rings. The third-order valence-corrected chi connectivity index (χ3v) is 3.26. The van der Waals surface area contributed by atoms with E-state index in [0.717, 1.165) is 6.42 Å². The lowest BCUT2D eigenvalue weighted by Gasteiger charge is -2.24. The molecule has 1 rings (SSSR count). The summed E-state index contributed by atoms with van der Waals surface area (Å²) in [7, 11) is 0. The van der Waals surface area contributed by atoms with Crippen molar-refractivity contribution in [3.63, 3.8) is 0 Å². The predicted molar refractivity (Wildman–Crippen MR) is 77.6 cm³/mol. The molecule has 0 aliphatic rings. The number of ether oxygens (including phenoxy) is 1. The third-order valence-electron chi connectivity index (χ3n) is 2.75. The van der Waals surface area contributed by atoms with Gasteiger partial charge in [-0.25, -0.2) is 4.79 Å². The number of nitrogens with one attached hydrogen (secondary N) is 1. The van der Waals surface area contributed by atoms with Crippen molar-refractivity contribution in [1.82, 2.24) is 15.5 Å². The minimum Gasteiger partial charge on any atom is -0.444 e. The van der Waals surface area contributed by atoms with Crippen LogP contribution in [0.4, 0.5) is 4.79 Å². The Hall–Kier alpha value is -1.24. The standard InChI is InChI=1S/C13H23N3O3S/c1-7-8(2)9(10-15-16-12(18-10)20-6)14-11(17)19-13(3,4)5/h8-9H,7H2,1-6H3,(H,14,17)/t8?,9-/m1/s1. The number of carbonyl (C=O) groups is 1. The Morgan fingerprint density at radius 3 is 2.55 bits per heavy atom. The smallest absolute Gasteiger partial charge is 0.408 e. The number of aromatic nitrogens is 2. The second-order valence-electron chi connectivity index (χ2n) is 5.62. The maximum atomic E-state index is 11.9. The molecule has 2 atom stereocenters. The fraction of sp³-hybridized carbons (Fsp3) is 0.769. The Labute approximate surface area is 124 Å². The van der Waals surface area contributed by atoms with Gasteiger partial charge in [-0.05, 0) is 32.9 Å². The van der Waals surface area contributed by atoms with Crippen molar-refractivity contribution >= 4 is 17.9 Å². The number of carbonyl (C=O) groups excluding carboxylic acids is 1. The molecule has 0 saturated carbocycles. The molecule has 1 aromatic heterocycles. The number of thioether (sulfide) groups is 1. The molecule has 1 heterocycles. The first kappa shape index (κ1) is 16.8. The summed E-state index contributed by atoms with van der Waals surface area (Å²) in [5, 5.41) is 11.2. The normalized spacial score (nSPS) is 14.7. The fourth-order valence-corrected chi connectivity index (χ4v) is 1.84. The summed E-state index contributed by atoms with van der Waals surface area (Å²) in [5.74, 6) is 0.576. The number of nitrogens with zero attached hydrogens (tertiary/aromatic N) is 2. The Bertz CT molecular complexity index is 442. The van der Waals surface area contributed by atoms with Crippen molar-refractivity contribution in [2.45, 2.75) is 57.9 Å². The van der Waals surface area contributed by atoms with E-state index in [2.05, 4.69) is 15.5 Å². The predicted octanol–water partition coefficient (Wildman–Crippen LogP) is 3.40. The number of rotatable bonds is 5. The second-order valence-corrected chi connectivity index (χ2v) is 6.38. The Morgan fingerprint density at radius 1 is 1.45 bits per heavy atom. The van der Waals surface area contributed by atoms with Gasteiger partial charge in [0, 0.05) is 0 Å². The van der Waals surface area contributed by atoms with E-state index in [-0.39, 0.29) is 12.0 Å². The summed E-state index contributed by atoms with van der Waals surface area (Å²) >= 11 is 1.37. The van der Waals surface area contributed by atoms with Gasteiger partial charge in [0.2, 0.25) is 5.89 Å². The molecule has 0 aliphatic carbocycles. The lowest BCUT2D eigenvalue weighted by Crippen LogP contribution is -2.37. The minimum absolute atomic E-state index is 0.165. The van der Waals surface area contributed by atoms with Crippen LogP contribution in [0.2, 0.25) is 0 Å². The number of alkyl carbamates (subject to hydrolysis) is 1. The van der Waals surface area contributed by atoms with Crippen LogP contribution in [-0.4, -0.2) is 28.1 Å². The van der Waals surface area contributed by atoms with Crippen LogP contribution in [0.15, 0.2) is 9.64 Å². The zero-order valence-corrected chi connectivity index (χ0v) is 13.7. The summed E-state index contributed by atoms with van der Waals surface area (Å²) in [6, 6.07) is -0.344. The molecule has 7 heteroatoms. The lowest BCUT2D eigenvalue weighted by atomic mass is 9.99. The van der Waals surface area contributed by atoms with Gasteiger partial charge in [-0.3, -0.25) is 0 Å². The average Bonchev–Trinajstić information content (AvgIpc) is 2.81. The molecule has 20 heavy (non-hydrogen) atoms. The number of hydrogen-bond donors (Lipinski definition) is 1. The average molecular weight is 301 g/mol. The van der Waals surface area contributed by atoms with E-state index in [1.165, 1.54) is 11.8 Å². The summed E-state index contributed by atoms with van der Waals surface area (Å²) in [4.78, 5) is 11.9. The Balaban J connectivity index is 2.82. The van der Waals surface area contributed by atoms with E-state index >= 15 is 0 Å². The maximum absolute atomic E-state index is 11.9. The molecule has 1 amide bonds. The molecule has 1 aromatic rings. The summed E-state index contributed by atoms with van der Waals surface area (Å²) in [5.41, 5.74) is -0.538. The van der Waals surface area contributed by atoms with Gasteiger partial charge in [-0.15, -0.1) is 10.2 Å². The van der Waals surface area contributed by atoms with Crippen molar-refractivity contribution in [2.24, 2.45) is 5.92 Å². The maximum Gasteiger partial charge on any atom is 0.408 e. The summed E-state index contributed by atoms with van der Waals surface area (Å²) in [6.07, 6.45) is 2.25. The van der Waals surface area contributed by atoms with Gasteiger partial charge < -0.3 is 14.5 Å². The zero-order chi connectivity index (χ0) is 15.3. The minimum atomic E-state index is -0.538. The Morgan fingerprint density at radius 2 is 2.10 bits per heavy atom. The summed E-state index contributed by atoms with van der Waals surface area (Å²) < 4.78 is 10.8. The molecular weight excluding hydrogens is 278 g/mol. The van der Waals surface area contributed by atoms with Crippen molar-refractivity contribution < 1.29 is 13.9 Å². The van der Waals surface area contributed by atoms with Crippen LogP contribution in [-0.2, 0) is 4.74 Å². The van der Waals surface area contributed by atoms with E-state index < -0.39 is 11.7 Å². The van der Waals surface area contributed by atoms with Crippen molar-refractivity contribution in [3.8, 4) is 0 Å². The number of hydrogen-bond acceptors (Lipinski definition) is 6. The largest absolute Gasteiger partial charge is 0.444 e. The first-order chi connectivity index (χ1) is 9.26. The quantitative estimate of drug-likeness (QED) is 0.840. The summed E-state index contributed by atoms with van der Waals surface area (Å²) in [6.45, 7) is 9.53. The van der Waals surface area contributed by atoms with Gasteiger partial charge in [-0.2, -0.15) is 0 Å². The van der Waals surface area contributed by atoms with E-state index in [4.69, 9.17) is 9.15 Å². The highest BCUT2D eigenvalue weighted by Crippen LogP contribution is 2.26. The lowest BCUT2D eigenvalue weighted by molar-refractivity contribution is 0.0474. The van der Waals surface area contributed by atoms with Crippen LogP contribution in [0.25, 0.3) is 0 Å². The number of amides is 1. The molecule has 0 aromatic carbocycles. The van der Waals surface area contributed by atoms with Crippen LogP contribution in [0.5, 0.6) is 0 Å². The fourth-order valence-electron chi connectivity index (χ4n) is 1.55. The highest BCUT2D eigenvalue weighted by molar-refractivity contribution is 7.98. The van der Waals surface area contributed by atoms with Crippen LogP contribution in [0.1, 0.15) is 53.0 Å². The monoisotopic (exact) mass is 301 g/mol. The molecular formula is C13H23N3O3S. The van der Waals surface area contributed by atoms with Gasteiger partial charge >= 0.3 is 6.09 Å². The highest BCUT2D eigenvalue weighted by Gasteiger charge is 2.28. The van der Waals surface area contributed by atoms with Crippen molar-refractivity contribution in [2.75, 3.05) is 6.26 Å². The molecule has 0 spiro atoms. The van der Waals surface area contributed by atoms with E-state index in [0.29, 0.717) is 11.1 Å². The van der Waals surface area contributed by atoms with Gasteiger partial charge in [0.25, 0.3) is 5.22 Å². The van der Waals surface area contributed by atoms with Crippen LogP contribution >= 0.6 is 11.8 Å². The van der Waals surface area contributed by atoms with Crippen molar-refractivity contribution in [1.29, 1.82) is 0 Å². The van der Waals surface area contributed by atoms with Gasteiger partial charge in [0.1, 0.15) is 11.6 Å². The third kappa shape index (κ3) is 5.03. The van der Waals surface area contributed by atoms with E-state index in [1.54, 1.807) is 0 Å². The van der Waals surface area contributed by atoms with E-state index in [1.807, 2.05) is 40.9 Å². The molecule has 6 nitrogen and oxygen atoms in total. The van der Waals surface area contributed by atoms with Gasteiger partial charge in [-0.1, -0.05) is 32.0 Å². The van der Waals surface area contributed by atoms with Crippen LogP contribution in [0, 0.1) is 5.92 Å². The molecule has 114 valence electrons.